The third-order valence-corrected chi connectivity index (χ3v) is 10.7. The van der Waals surface area contributed by atoms with Gasteiger partial charge in [0.2, 0.25) is 11.8 Å². The summed E-state index contributed by atoms with van der Waals surface area (Å²) in [6, 6.07) is 11.8. The average Bonchev–Trinajstić information content (AvgIpc) is 3.83. The molecule has 1 saturated carbocycles. The molecule has 6 unspecified atom stereocenters. The number of hydrogen-bond donors (Lipinski definition) is 2. The smallest absolute Gasteiger partial charge is 0.407 e. The lowest BCUT2D eigenvalue weighted by Gasteiger charge is -2.37. The van der Waals surface area contributed by atoms with Crippen LogP contribution >= 0.6 is 11.6 Å². The molecule has 4 aliphatic rings. The summed E-state index contributed by atoms with van der Waals surface area (Å²) in [6.45, 7) is 3.21. The zero-order valence-electron chi connectivity index (χ0n) is 25.6. The van der Waals surface area contributed by atoms with Gasteiger partial charge in [-0.2, -0.15) is 0 Å². The molecule has 2 amide bonds. The van der Waals surface area contributed by atoms with Gasteiger partial charge in [-0.3, -0.25) is 14.6 Å². The normalized spacial score (nSPS) is 28.6. The number of anilines is 1. The highest BCUT2D eigenvalue weighted by Crippen LogP contribution is 2.44. The molecule has 7 atom stereocenters. The van der Waals surface area contributed by atoms with Crippen molar-refractivity contribution >= 4 is 29.3 Å². The van der Waals surface area contributed by atoms with Gasteiger partial charge in [0.1, 0.15) is 11.9 Å². The highest BCUT2D eigenvalue weighted by molar-refractivity contribution is 6.30. The Hall–Kier alpha value is -2.82. The van der Waals surface area contributed by atoms with Crippen molar-refractivity contribution in [2.24, 2.45) is 5.92 Å². The lowest BCUT2D eigenvalue weighted by Crippen LogP contribution is -2.50. The van der Waals surface area contributed by atoms with Crippen LogP contribution in [0.3, 0.4) is 0 Å². The van der Waals surface area contributed by atoms with Crippen molar-refractivity contribution in [2.45, 2.75) is 93.8 Å². The van der Waals surface area contributed by atoms with E-state index in [0.717, 1.165) is 26.1 Å². The number of halogens is 4. The molecule has 2 bridgehead atoms. The Morgan fingerprint density at radius 1 is 1.07 bits per heavy atom. The van der Waals surface area contributed by atoms with E-state index in [1.165, 1.54) is 32.4 Å². The Bertz CT molecular complexity index is 1370. The van der Waals surface area contributed by atoms with Gasteiger partial charge in [0.05, 0.1) is 7.11 Å². The summed E-state index contributed by atoms with van der Waals surface area (Å²) < 4.78 is 48.7. The maximum absolute atomic E-state index is 15.4. The van der Waals surface area contributed by atoms with Crippen LogP contribution in [-0.4, -0.2) is 78.6 Å². The summed E-state index contributed by atoms with van der Waals surface area (Å²) >= 11 is 6.15. The minimum absolute atomic E-state index is 0.176. The number of hydrogen-bond acceptors (Lipinski definition) is 5. The number of benzene rings is 2. The standard InChI is InChI=1S/C34H42ClF3N4O3/c1-45-33(44)40-31(30(21-7-9-23(35)10-8-21)22-13-16-34(37,38)17-14-22)32(43)39-27-6-2-5-26(36)25(27)11-12-28-29-20-42(29)24-4-3-18-41(28)19-15-24/h2,5-10,22,24,28-31H,3-4,11-20H2,1H3,(H,39,43)(H,40,44)/t24?,28?,29?,30?,31-,42?/m0/s1. The van der Waals surface area contributed by atoms with Crippen LogP contribution in [0.1, 0.15) is 68.4 Å². The second-order valence-corrected chi connectivity index (χ2v) is 13.6. The van der Waals surface area contributed by atoms with E-state index in [2.05, 4.69) is 20.4 Å². The molecular formula is C34H42ClF3N4O3. The maximum Gasteiger partial charge on any atom is 0.407 e. The summed E-state index contributed by atoms with van der Waals surface area (Å²) in [5.41, 5.74) is 1.46. The molecule has 3 saturated heterocycles. The van der Waals surface area contributed by atoms with Crippen LogP contribution in [0, 0.1) is 11.7 Å². The fourth-order valence-corrected chi connectivity index (χ4v) is 8.22. The zero-order chi connectivity index (χ0) is 31.7. The molecule has 11 heteroatoms. The molecule has 1 aliphatic carbocycles. The quantitative estimate of drug-likeness (QED) is 0.300. The van der Waals surface area contributed by atoms with Gasteiger partial charge >= 0.3 is 6.09 Å². The Balaban J connectivity index is 1.25. The molecule has 0 radical (unpaired) electrons. The fourth-order valence-electron chi connectivity index (χ4n) is 8.09. The predicted molar refractivity (Wildman–Crippen MR) is 167 cm³/mol. The van der Waals surface area contributed by atoms with Gasteiger partial charge in [-0.1, -0.05) is 29.8 Å². The van der Waals surface area contributed by atoms with Crippen molar-refractivity contribution < 1.29 is 27.5 Å². The number of carbonyl (C=O) groups excluding carboxylic acids is 2. The number of rotatable bonds is 9. The first-order valence-electron chi connectivity index (χ1n) is 16.2. The molecule has 7 nitrogen and oxygen atoms in total. The van der Waals surface area contributed by atoms with Gasteiger partial charge < -0.3 is 15.4 Å². The van der Waals surface area contributed by atoms with E-state index in [-0.39, 0.29) is 31.6 Å². The topological polar surface area (TPSA) is 73.7 Å². The number of nitrogens with one attached hydrogen (secondary N) is 2. The Kier molecular flexibility index (Phi) is 9.64. The second-order valence-electron chi connectivity index (χ2n) is 13.1. The number of alkyl halides is 2. The number of carbonyl (C=O) groups is 2. The molecule has 4 fully saturated rings. The highest BCUT2D eigenvalue weighted by Gasteiger charge is 2.49. The van der Waals surface area contributed by atoms with Crippen LogP contribution in [-0.2, 0) is 16.0 Å². The van der Waals surface area contributed by atoms with Crippen molar-refractivity contribution in [1.29, 1.82) is 0 Å². The van der Waals surface area contributed by atoms with E-state index in [4.69, 9.17) is 16.3 Å². The fraction of sp³-hybridized carbons (Fsp3) is 0.588. The van der Waals surface area contributed by atoms with Crippen molar-refractivity contribution in [1.82, 2.24) is 15.1 Å². The molecule has 3 heterocycles. The van der Waals surface area contributed by atoms with Gasteiger partial charge in [-0.05, 0) is 93.8 Å². The Morgan fingerprint density at radius 2 is 1.82 bits per heavy atom. The third-order valence-electron chi connectivity index (χ3n) is 10.5. The molecule has 0 spiro atoms. The summed E-state index contributed by atoms with van der Waals surface area (Å²) in [4.78, 5) is 31.9. The molecule has 45 heavy (non-hydrogen) atoms. The third kappa shape index (κ3) is 7.28. The molecule has 3 aliphatic heterocycles. The maximum atomic E-state index is 15.4. The van der Waals surface area contributed by atoms with E-state index in [0.29, 0.717) is 46.4 Å². The van der Waals surface area contributed by atoms with Crippen LogP contribution in [0.5, 0.6) is 0 Å². The summed E-state index contributed by atoms with van der Waals surface area (Å²) in [5, 5.41) is 6.08. The summed E-state index contributed by atoms with van der Waals surface area (Å²) in [6.07, 6.45) is 3.73. The number of fused-ring (bicyclic) bond motifs is 5. The van der Waals surface area contributed by atoms with Crippen LogP contribution in [0.25, 0.3) is 0 Å². The largest absolute Gasteiger partial charge is 0.453 e. The number of ether oxygens (including phenoxy) is 1. The molecule has 0 aromatic heterocycles. The SMILES string of the molecule is COC(=O)N[C@H](C(=O)Nc1cccc(F)c1CCC1C2CN2C2CCCN1CC2)C(c1ccc(Cl)cc1)C1CCC(F)(F)CC1. The van der Waals surface area contributed by atoms with Gasteiger partial charge in [-0.15, -0.1) is 0 Å². The monoisotopic (exact) mass is 646 g/mol. The van der Waals surface area contributed by atoms with E-state index in [1.54, 1.807) is 36.4 Å². The van der Waals surface area contributed by atoms with Crippen molar-refractivity contribution in [3.8, 4) is 0 Å². The zero-order valence-corrected chi connectivity index (χ0v) is 26.4. The van der Waals surface area contributed by atoms with Crippen molar-refractivity contribution in [3.05, 3.63) is 64.4 Å². The van der Waals surface area contributed by atoms with Crippen LogP contribution in [0.4, 0.5) is 23.7 Å². The molecule has 2 aromatic carbocycles. The number of nitrogens with zero attached hydrogens (tertiary/aromatic N) is 2. The molecular weight excluding hydrogens is 605 g/mol. The summed E-state index contributed by atoms with van der Waals surface area (Å²) in [7, 11) is 1.20. The lowest BCUT2D eigenvalue weighted by atomic mass is 9.72. The first-order valence-corrected chi connectivity index (χ1v) is 16.6. The minimum Gasteiger partial charge on any atom is -0.453 e. The van der Waals surface area contributed by atoms with Crippen molar-refractivity contribution in [2.75, 3.05) is 32.1 Å². The molecule has 2 N–H and O–H groups in total. The highest BCUT2D eigenvalue weighted by atomic mass is 35.5. The predicted octanol–water partition coefficient (Wildman–Crippen LogP) is 6.61. The molecule has 2 aromatic rings. The number of amides is 2. The minimum atomic E-state index is -2.77. The van der Waals surface area contributed by atoms with Gasteiger partial charge in [0, 0.05) is 59.7 Å². The number of methoxy groups -OCH3 is 1. The van der Waals surface area contributed by atoms with E-state index >= 15 is 4.39 Å². The van der Waals surface area contributed by atoms with Crippen molar-refractivity contribution in [3.63, 3.8) is 0 Å². The first kappa shape index (κ1) is 32.1. The molecule has 6 rings (SSSR count). The van der Waals surface area contributed by atoms with Gasteiger partial charge in [0.15, 0.2) is 0 Å². The van der Waals surface area contributed by atoms with Gasteiger partial charge in [-0.25, -0.2) is 18.0 Å². The van der Waals surface area contributed by atoms with E-state index in [9.17, 15) is 18.4 Å². The van der Waals surface area contributed by atoms with E-state index < -0.39 is 35.7 Å². The van der Waals surface area contributed by atoms with Crippen LogP contribution in [0.2, 0.25) is 5.02 Å². The lowest BCUT2D eigenvalue weighted by molar-refractivity contribution is -0.119. The Labute approximate surface area is 267 Å². The van der Waals surface area contributed by atoms with Crippen LogP contribution < -0.4 is 10.6 Å². The van der Waals surface area contributed by atoms with Crippen LogP contribution in [0.15, 0.2) is 42.5 Å². The Morgan fingerprint density at radius 3 is 2.56 bits per heavy atom. The van der Waals surface area contributed by atoms with E-state index in [1.807, 2.05) is 0 Å². The first-order chi connectivity index (χ1) is 21.6. The average molecular weight is 647 g/mol. The number of alkyl carbamates (subject to hydrolysis) is 1. The summed E-state index contributed by atoms with van der Waals surface area (Å²) in [5.74, 6) is -4.70. The molecule has 244 valence electrons. The second kappa shape index (κ2) is 13.5. The van der Waals surface area contributed by atoms with Gasteiger partial charge in [0.25, 0.3) is 0 Å².